The van der Waals surface area contributed by atoms with E-state index in [1.807, 2.05) is 0 Å². The Hall–Kier alpha value is -2.25. The molecule has 2 aromatic heterocycles. The smallest absolute Gasteiger partial charge is 0.327 e. The first kappa shape index (κ1) is 12.8. The third kappa shape index (κ3) is 1.87. The normalized spacial score (nSPS) is 11.1. The molecule has 0 saturated heterocycles. The van der Waals surface area contributed by atoms with Crippen LogP contribution in [0.4, 0.5) is 5.69 Å². The van der Waals surface area contributed by atoms with Gasteiger partial charge in [-0.1, -0.05) is 23.2 Å². The Bertz CT molecular complexity index is 940. The number of hydrogen-bond acceptors (Lipinski definition) is 4. The molecule has 0 fully saturated rings. The number of anilines is 1. The van der Waals surface area contributed by atoms with Crippen LogP contribution in [0, 0.1) is 0 Å². The highest BCUT2D eigenvalue weighted by molar-refractivity contribution is 6.37. The fourth-order valence-corrected chi connectivity index (χ4v) is 2.27. The average molecular weight is 312 g/mol. The molecule has 0 aliphatic rings. The van der Waals surface area contributed by atoms with Crippen molar-refractivity contribution < 1.29 is 0 Å². The number of aromatic amines is 3. The van der Waals surface area contributed by atoms with E-state index in [-0.39, 0.29) is 22.7 Å². The molecule has 2 heterocycles. The van der Waals surface area contributed by atoms with E-state index in [0.29, 0.717) is 15.6 Å². The predicted molar refractivity (Wildman–Crippen MR) is 77.2 cm³/mol. The van der Waals surface area contributed by atoms with Crippen molar-refractivity contribution in [3.63, 3.8) is 0 Å². The molecule has 20 heavy (non-hydrogen) atoms. The molecule has 0 spiro atoms. The van der Waals surface area contributed by atoms with E-state index in [9.17, 15) is 9.59 Å². The minimum atomic E-state index is -0.647. The van der Waals surface area contributed by atoms with Gasteiger partial charge in [0.15, 0.2) is 5.65 Å². The van der Waals surface area contributed by atoms with Crippen LogP contribution in [0.2, 0.25) is 10.0 Å². The van der Waals surface area contributed by atoms with Crippen molar-refractivity contribution in [2.75, 3.05) is 5.73 Å². The van der Waals surface area contributed by atoms with E-state index in [1.54, 1.807) is 12.1 Å². The molecule has 0 saturated carbocycles. The fourth-order valence-electron chi connectivity index (χ4n) is 1.86. The SMILES string of the molecule is Nc1c(Cl)ccc(Cl)c1-c1nc2[nH]c(=O)[nH]c(=O)c2[nH]1. The Morgan fingerprint density at radius 3 is 2.50 bits per heavy atom. The van der Waals surface area contributed by atoms with Crippen molar-refractivity contribution in [1.29, 1.82) is 0 Å². The Morgan fingerprint density at radius 2 is 1.75 bits per heavy atom. The second kappa shape index (κ2) is 4.39. The first-order chi connectivity index (χ1) is 9.47. The topological polar surface area (TPSA) is 120 Å². The molecule has 3 rings (SSSR count). The van der Waals surface area contributed by atoms with Crippen LogP contribution in [-0.2, 0) is 0 Å². The number of nitrogens with one attached hydrogen (secondary N) is 3. The zero-order valence-corrected chi connectivity index (χ0v) is 11.3. The second-order valence-corrected chi connectivity index (χ2v) is 4.85. The quantitative estimate of drug-likeness (QED) is 0.509. The van der Waals surface area contributed by atoms with Gasteiger partial charge in [-0.3, -0.25) is 14.8 Å². The molecule has 3 aromatic rings. The van der Waals surface area contributed by atoms with E-state index in [2.05, 4.69) is 19.9 Å². The molecule has 102 valence electrons. The number of benzene rings is 1. The number of hydrogen-bond donors (Lipinski definition) is 4. The monoisotopic (exact) mass is 311 g/mol. The third-order valence-electron chi connectivity index (χ3n) is 2.77. The van der Waals surface area contributed by atoms with E-state index in [4.69, 9.17) is 28.9 Å². The number of halogens is 2. The Balaban J connectivity index is 2.37. The summed E-state index contributed by atoms with van der Waals surface area (Å²) in [7, 11) is 0. The second-order valence-electron chi connectivity index (χ2n) is 4.04. The lowest BCUT2D eigenvalue weighted by molar-refractivity contribution is 1.07. The van der Waals surface area contributed by atoms with Crippen LogP contribution < -0.4 is 17.0 Å². The van der Waals surface area contributed by atoms with Gasteiger partial charge in [0.25, 0.3) is 5.56 Å². The van der Waals surface area contributed by atoms with Gasteiger partial charge in [0, 0.05) is 0 Å². The number of nitrogens with zero attached hydrogens (tertiary/aromatic N) is 1. The van der Waals surface area contributed by atoms with Gasteiger partial charge in [-0.05, 0) is 12.1 Å². The molecule has 0 unspecified atom stereocenters. The first-order valence-corrected chi connectivity index (χ1v) is 6.19. The molecular formula is C11H7Cl2N5O2. The van der Waals surface area contributed by atoms with Gasteiger partial charge in [0.1, 0.15) is 11.3 Å². The number of nitrogens with two attached hydrogens (primary N) is 1. The zero-order valence-electron chi connectivity index (χ0n) is 9.75. The Labute approximate surface area is 120 Å². The third-order valence-corrected chi connectivity index (χ3v) is 3.41. The maximum atomic E-state index is 11.6. The van der Waals surface area contributed by atoms with Gasteiger partial charge >= 0.3 is 5.69 Å². The van der Waals surface area contributed by atoms with Crippen molar-refractivity contribution in [2.45, 2.75) is 0 Å². The van der Waals surface area contributed by atoms with E-state index >= 15 is 0 Å². The molecule has 9 heteroatoms. The number of H-pyrrole nitrogens is 3. The van der Waals surface area contributed by atoms with Crippen molar-refractivity contribution >= 4 is 40.1 Å². The van der Waals surface area contributed by atoms with Crippen LogP contribution in [0.15, 0.2) is 21.7 Å². The fraction of sp³-hybridized carbons (Fsp3) is 0. The van der Waals surface area contributed by atoms with Crippen LogP contribution >= 0.6 is 23.2 Å². The molecule has 1 aromatic carbocycles. The maximum absolute atomic E-state index is 11.6. The van der Waals surface area contributed by atoms with Gasteiger partial charge in [-0.2, -0.15) is 0 Å². The lowest BCUT2D eigenvalue weighted by Gasteiger charge is -2.06. The van der Waals surface area contributed by atoms with Crippen LogP contribution in [0.5, 0.6) is 0 Å². The minimum absolute atomic E-state index is 0.115. The summed E-state index contributed by atoms with van der Waals surface area (Å²) in [5.41, 5.74) is 5.48. The summed E-state index contributed by atoms with van der Waals surface area (Å²) in [5.74, 6) is 0.248. The molecule has 0 radical (unpaired) electrons. The standard InChI is InChI=1S/C11H7Cl2N5O2/c12-3-1-2-4(13)6(14)5(3)8-15-7-9(16-8)17-11(20)18-10(7)19/h1-2H,14H2,(H3,15,16,17,18,19,20). The molecule has 0 aliphatic heterocycles. The Morgan fingerprint density at radius 1 is 1.05 bits per heavy atom. The van der Waals surface area contributed by atoms with Crippen LogP contribution in [0.1, 0.15) is 0 Å². The number of nitrogen functional groups attached to an aromatic ring is 1. The van der Waals surface area contributed by atoms with Gasteiger partial charge in [-0.25, -0.2) is 9.78 Å². The van der Waals surface area contributed by atoms with Gasteiger partial charge < -0.3 is 10.7 Å². The molecule has 0 amide bonds. The highest BCUT2D eigenvalue weighted by Crippen LogP contribution is 2.36. The van der Waals surface area contributed by atoms with Crippen LogP contribution in [0.3, 0.4) is 0 Å². The summed E-state index contributed by atoms with van der Waals surface area (Å²) in [6, 6.07) is 3.12. The van der Waals surface area contributed by atoms with Crippen LogP contribution in [-0.4, -0.2) is 19.9 Å². The molecular weight excluding hydrogens is 305 g/mol. The lowest BCUT2D eigenvalue weighted by atomic mass is 10.1. The van der Waals surface area contributed by atoms with Gasteiger partial charge in [0.05, 0.1) is 21.3 Å². The Kier molecular flexibility index (Phi) is 2.81. The summed E-state index contributed by atoms with van der Waals surface area (Å²) in [4.78, 5) is 34.2. The highest BCUT2D eigenvalue weighted by Gasteiger charge is 2.16. The number of fused-ring (bicyclic) bond motifs is 1. The number of imidazole rings is 1. The van der Waals surface area contributed by atoms with E-state index < -0.39 is 11.2 Å². The van der Waals surface area contributed by atoms with E-state index in [0.717, 1.165) is 0 Å². The largest absolute Gasteiger partial charge is 0.397 e. The summed E-state index contributed by atoms with van der Waals surface area (Å²) in [6.45, 7) is 0. The maximum Gasteiger partial charge on any atom is 0.327 e. The highest BCUT2D eigenvalue weighted by atomic mass is 35.5. The summed E-state index contributed by atoms with van der Waals surface area (Å²) in [6.07, 6.45) is 0. The van der Waals surface area contributed by atoms with E-state index in [1.165, 1.54) is 0 Å². The van der Waals surface area contributed by atoms with Gasteiger partial charge in [-0.15, -0.1) is 0 Å². The molecule has 7 nitrogen and oxygen atoms in total. The summed E-state index contributed by atoms with van der Waals surface area (Å²) >= 11 is 12.0. The number of rotatable bonds is 1. The first-order valence-electron chi connectivity index (χ1n) is 5.43. The van der Waals surface area contributed by atoms with Crippen molar-refractivity contribution in [3.8, 4) is 11.4 Å². The van der Waals surface area contributed by atoms with Crippen molar-refractivity contribution in [2.24, 2.45) is 0 Å². The lowest BCUT2D eigenvalue weighted by Crippen LogP contribution is -2.21. The molecule has 5 N–H and O–H groups in total. The molecule has 0 aliphatic carbocycles. The number of aromatic nitrogens is 4. The minimum Gasteiger partial charge on any atom is -0.397 e. The van der Waals surface area contributed by atoms with Crippen molar-refractivity contribution in [1.82, 2.24) is 19.9 Å². The zero-order chi connectivity index (χ0) is 14.4. The molecule has 0 atom stereocenters. The predicted octanol–water partition coefficient (Wildman–Crippen LogP) is 1.50. The summed E-state index contributed by atoms with van der Waals surface area (Å²) in [5, 5.41) is 0.636. The average Bonchev–Trinajstić information content (AvgIpc) is 2.78. The molecule has 0 bridgehead atoms. The van der Waals surface area contributed by atoms with Crippen molar-refractivity contribution in [3.05, 3.63) is 43.0 Å². The van der Waals surface area contributed by atoms with Gasteiger partial charge in [0.2, 0.25) is 0 Å². The van der Waals surface area contributed by atoms with Crippen LogP contribution in [0.25, 0.3) is 22.6 Å². The summed E-state index contributed by atoms with van der Waals surface area (Å²) < 4.78 is 0.